The number of piperazine rings is 1. The lowest BCUT2D eigenvalue weighted by atomic mass is 9.96. The molecule has 0 radical (unpaired) electrons. The summed E-state index contributed by atoms with van der Waals surface area (Å²) < 4.78 is 0. The molecular formula is C20H25N2S2+. The number of quaternary nitrogens is 1. The van der Waals surface area contributed by atoms with Gasteiger partial charge in [-0.05, 0) is 48.1 Å². The zero-order valence-corrected chi connectivity index (χ0v) is 16.1. The first-order chi connectivity index (χ1) is 11.7. The number of hydrogen-bond acceptors (Lipinski definition) is 3. The van der Waals surface area contributed by atoms with Gasteiger partial charge in [-0.3, -0.25) is 4.90 Å². The number of thioether (sulfide) groups is 1. The molecule has 2 aromatic carbocycles. The molecule has 1 atom stereocenters. The van der Waals surface area contributed by atoms with Gasteiger partial charge in [0.05, 0.1) is 20.1 Å². The van der Waals surface area contributed by atoms with Crippen LogP contribution in [-0.4, -0.2) is 44.4 Å². The third kappa shape index (κ3) is 3.25. The minimum Gasteiger partial charge on any atom is -0.335 e. The molecular weight excluding hydrogens is 332 g/mol. The average Bonchev–Trinajstić information content (AvgIpc) is 2.78. The highest BCUT2D eigenvalue weighted by molar-refractivity contribution is 7.99. The van der Waals surface area contributed by atoms with Crippen LogP contribution in [0.5, 0.6) is 0 Å². The number of nitrogens with one attached hydrogen (secondary N) is 1. The number of rotatable bonds is 2. The van der Waals surface area contributed by atoms with Crippen LogP contribution in [0.1, 0.15) is 17.2 Å². The molecule has 4 rings (SSSR count). The van der Waals surface area contributed by atoms with E-state index in [0.717, 1.165) is 6.42 Å². The predicted molar refractivity (Wildman–Crippen MR) is 103 cm³/mol. The first-order valence-electron chi connectivity index (χ1n) is 8.73. The molecule has 1 saturated heterocycles. The second-order valence-electron chi connectivity index (χ2n) is 6.83. The van der Waals surface area contributed by atoms with Gasteiger partial charge in [-0.15, -0.1) is 11.8 Å². The Bertz CT molecular complexity index is 723. The molecule has 0 saturated carbocycles. The van der Waals surface area contributed by atoms with Crippen molar-refractivity contribution < 1.29 is 4.90 Å². The van der Waals surface area contributed by atoms with Crippen molar-refractivity contribution in [1.29, 1.82) is 0 Å². The number of benzene rings is 2. The van der Waals surface area contributed by atoms with E-state index in [9.17, 15) is 0 Å². The third-order valence-electron chi connectivity index (χ3n) is 5.27. The highest BCUT2D eigenvalue weighted by Gasteiger charge is 2.30. The van der Waals surface area contributed by atoms with E-state index in [2.05, 4.69) is 60.7 Å². The lowest BCUT2D eigenvalue weighted by Gasteiger charge is -2.36. The molecule has 2 aromatic rings. The molecule has 0 spiro atoms. The molecule has 2 aliphatic heterocycles. The second kappa shape index (κ2) is 7.12. The summed E-state index contributed by atoms with van der Waals surface area (Å²) in [4.78, 5) is 8.63. The van der Waals surface area contributed by atoms with E-state index in [-0.39, 0.29) is 0 Å². The molecule has 2 nitrogen and oxygen atoms in total. The Morgan fingerprint density at radius 2 is 1.88 bits per heavy atom. The van der Waals surface area contributed by atoms with Gasteiger partial charge in [-0.2, -0.15) is 0 Å². The van der Waals surface area contributed by atoms with Crippen molar-refractivity contribution in [2.45, 2.75) is 27.1 Å². The smallest absolute Gasteiger partial charge is 0.0898 e. The maximum Gasteiger partial charge on any atom is 0.0898 e. The predicted octanol–water partition coefficient (Wildman–Crippen LogP) is 2.99. The second-order valence-corrected chi connectivity index (χ2v) is 8.79. The third-order valence-corrected chi connectivity index (χ3v) is 7.21. The van der Waals surface area contributed by atoms with Gasteiger partial charge in [0.25, 0.3) is 0 Å². The van der Waals surface area contributed by atoms with Crippen molar-refractivity contribution in [1.82, 2.24) is 4.90 Å². The number of hydrogen-bond donors (Lipinski definition) is 1. The van der Waals surface area contributed by atoms with Crippen molar-refractivity contribution in [2.24, 2.45) is 0 Å². The van der Waals surface area contributed by atoms with Gasteiger partial charge < -0.3 is 4.90 Å². The number of fused-ring (bicyclic) bond motifs is 2. The minimum atomic E-state index is 0.511. The Morgan fingerprint density at radius 1 is 1.08 bits per heavy atom. The van der Waals surface area contributed by atoms with E-state index >= 15 is 0 Å². The van der Waals surface area contributed by atoms with Crippen LogP contribution in [0.2, 0.25) is 0 Å². The fourth-order valence-electron chi connectivity index (χ4n) is 3.76. The maximum absolute atomic E-state index is 2.72. The Balaban J connectivity index is 1.76. The normalized spacial score (nSPS) is 21.8. The molecule has 0 aromatic heterocycles. The highest BCUT2D eigenvalue weighted by Crippen LogP contribution is 2.43. The Labute approximate surface area is 153 Å². The molecule has 4 heteroatoms. The van der Waals surface area contributed by atoms with Gasteiger partial charge in [0.15, 0.2) is 0 Å². The van der Waals surface area contributed by atoms with E-state index in [0.29, 0.717) is 6.04 Å². The van der Waals surface area contributed by atoms with Crippen LogP contribution >= 0.6 is 23.5 Å². The maximum atomic E-state index is 2.72. The molecule has 0 bridgehead atoms. The molecule has 1 unspecified atom stereocenters. The first-order valence-corrected chi connectivity index (χ1v) is 10.8. The van der Waals surface area contributed by atoms with E-state index in [1.165, 1.54) is 52.0 Å². The van der Waals surface area contributed by atoms with Gasteiger partial charge in [-0.1, -0.05) is 30.0 Å². The Hall–Kier alpha value is -0.940. The summed E-state index contributed by atoms with van der Waals surface area (Å²) in [7, 11) is 2.31. The van der Waals surface area contributed by atoms with Gasteiger partial charge in [0, 0.05) is 33.8 Å². The van der Waals surface area contributed by atoms with Crippen molar-refractivity contribution in [3.63, 3.8) is 0 Å². The van der Waals surface area contributed by atoms with Gasteiger partial charge >= 0.3 is 0 Å². The topological polar surface area (TPSA) is 7.68 Å². The molecule has 0 amide bonds. The first kappa shape index (κ1) is 16.5. The summed E-state index contributed by atoms with van der Waals surface area (Å²) >= 11 is 3.80. The van der Waals surface area contributed by atoms with Crippen LogP contribution in [0.3, 0.4) is 0 Å². The van der Waals surface area contributed by atoms with Crippen LogP contribution in [0.25, 0.3) is 0 Å². The fraction of sp³-hybridized carbons (Fsp3) is 0.400. The standard InChI is InChI=1S/C20H24N2S2/c1-21-9-11-22(12-10-21)18-13-15-5-3-4-6-19(15)24-20-8-7-16(23-2)14-17(18)20/h3-8,14,18H,9-13H2,1-2H3/p+1. The summed E-state index contributed by atoms with van der Waals surface area (Å²) in [5.41, 5.74) is 3.03. The molecule has 24 heavy (non-hydrogen) atoms. The largest absolute Gasteiger partial charge is 0.335 e. The van der Waals surface area contributed by atoms with Gasteiger partial charge in [0.2, 0.25) is 0 Å². The van der Waals surface area contributed by atoms with Crippen LogP contribution in [0, 0.1) is 0 Å². The highest BCUT2D eigenvalue weighted by atomic mass is 32.2. The van der Waals surface area contributed by atoms with Crippen LogP contribution in [0.4, 0.5) is 0 Å². The molecule has 0 aliphatic carbocycles. The summed E-state index contributed by atoms with van der Waals surface area (Å²) in [6, 6.07) is 16.5. The Morgan fingerprint density at radius 3 is 2.67 bits per heavy atom. The molecule has 1 fully saturated rings. The molecule has 2 heterocycles. The minimum absolute atomic E-state index is 0.511. The molecule has 1 N–H and O–H groups in total. The fourth-order valence-corrected chi connectivity index (χ4v) is 5.32. The lowest BCUT2D eigenvalue weighted by molar-refractivity contribution is -0.884. The lowest BCUT2D eigenvalue weighted by Crippen LogP contribution is -3.12. The van der Waals surface area contributed by atoms with Crippen LogP contribution in [-0.2, 0) is 6.42 Å². The summed E-state index contributed by atoms with van der Waals surface area (Å²) in [5, 5.41) is 0. The van der Waals surface area contributed by atoms with Gasteiger partial charge in [0.1, 0.15) is 0 Å². The quantitative estimate of drug-likeness (QED) is 0.827. The number of nitrogens with zero attached hydrogens (tertiary/aromatic N) is 1. The van der Waals surface area contributed by atoms with Crippen molar-refractivity contribution in [3.8, 4) is 0 Å². The summed E-state index contributed by atoms with van der Waals surface area (Å²) in [6.07, 6.45) is 3.31. The number of likely N-dealkylation sites (N-methyl/N-ethyl adjacent to an activating group) is 1. The molecule has 2 aliphatic rings. The van der Waals surface area contributed by atoms with Crippen molar-refractivity contribution in [2.75, 3.05) is 39.5 Å². The van der Waals surface area contributed by atoms with E-state index in [1.54, 1.807) is 4.90 Å². The van der Waals surface area contributed by atoms with E-state index in [4.69, 9.17) is 0 Å². The average molecular weight is 358 g/mol. The summed E-state index contributed by atoms with van der Waals surface area (Å²) in [5.74, 6) is 0. The van der Waals surface area contributed by atoms with E-state index in [1.807, 2.05) is 23.5 Å². The van der Waals surface area contributed by atoms with Crippen LogP contribution < -0.4 is 4.90 Å². The monoisotopic (exact) mass is 357 g/mol. The van der Waals surface area contributed by atoms with Crippen molar-refractivity contribution >= 4 is 23.5 Å². The molecule has 126 valence electrons. The summed E-state index contributed by atoms with van der Waals surface area (Å²) in [6.45, 7) is 4.91. The van der Waals surface area contributed by atoms with Gasteiger partial charge in [-0.25, -0.2) is 0 Å². The zero-order valence-electron chi connectivity index (χ0n) is 14.4. The van der Waals surface area contributed by atoms with Crippen molar-refractivity contribution in [3.05, 3.63) is 53.6 Å². The zero-order chi connectivity index (χ0) is 16.5. The van der Waals surface area contributed by atoms with E-state index < -0.39 is 0 Å². The SMILES string of the molecule is CSc1ccc2c(c1)C(N1CC[NH+](C)CC1)Cc1ccccc1S2. The van der Waals surface area contributed by atoms with Crippen LogP contribution in [0.15, 0.2) is 57.2 Å². The Kier molecular flexibility index (Phi) is 4.90.